The van der Waals surface area contributed by atoms with Crippen molar-refractivity contribution < 1.29 is 14.4 Å². The van der Waals surface area contributed by atoms with Gasteiger partial charge >= 0.3 is 0 Å². The molecule has 0 aliphatic carbocycles. The summed E-state index contributed by atoms with van der Waals surface area (Å²) < 4.78 is 0. The van der Waals surface area contributed by atoms with Crippen molar-refractivity contribution in [1.29, 1.82) is 0 Å². The summed E-state index contributed by atoms with van der Waals surface area (Å²) in [4.78, 5) is 46.1. The van der Waals surface area contributed by atoms with Gasteiger partial charge in [0.2, 0.25) is 17.7 Å². The van der Waals surface area contributed by atoms with Gasteiger partial charge in [-0.1, -0.05) is 30.3 Å². The molecule has 31 heavy (non-hydrogen) atoms. The predicted molar refractivity (Wildman–Crippen MR) is 118 cm³/mol. The molecule has 1 aromatic carbocycles. The van der Waals surface area contributed by atoms with Crippen LogP contribution in [-0.2, 0) is 20.8 Å². The maximum Gasteiger partial charge on any atom is 0.236 e. The molecule has 3 heterocycles. The summed E-state index contributed by atoms with van der Waals surface area (Å²) in [7, 11) is 0. The lowest BCUT2D eigenvalue weighted by Gasteiger charge is -2.39. The maximum absolute atomic E-state index is 13.1. The van der Waals surface area contributed by atoms with Crippen LogP contribution in [0.15, 0.2) is 30.3 Å². The third-order valence-electron chi connectivity index (χ3n) is 6.82. The zero-order chi connectivity index (χ0) is 21.6. The van der Waals surface area contributed by atoms with Gasteiger partial charge in [-0.25, -0.2) is 0 Å². The van der Waals surface area contributed by atoms with Crippen LogP contribution >= 0.6 is 0 Å². The molecule has 3 aliphatic heterocycles. The molecule has 4 rings (SSSR count). The van der Waals surface area contributed by atoms with E-state index in [1.54, 1.807) is 0 Å². The fourth-order valence-corrected chi connectivity index (χ4v) is 4.93. The van der Waals surface area contributed by atoms with Gasteiger partial charge in [0.15, 0.2) is 0 Å². The van der Waals surface area contributed by atoms with Gasteiger partial charge in [-0.15, -0.1) is 0 Å². The molecule has 3 saturated heterocycles. The average molecular weight is 427 g/mol. The molecule has 0 spiro atoms. The molecule has 0 aromatic heterocycles. The highest BCUT2D eigenvalue weighted by molar-refractivity contribution is 5.82. The van der Waals surface area contributed by atoms with Crippen molar-refractivity contribution in [3.63, 3.8) is 0 Å². The lowest BCUT2D eigenvalue weighted by Crippen LogP contribution is -2.54. The minimum absolute atomic E-state index is 0.105. The zero-order valence-corrected chi connectivity index (χ0v) is 18.4. The zero-order valence-electron chi connectivity index (χ0n) is 18.4. The molecule has 7 heteroatoms. The number of piperazine rings is 1. The first-order valence-electron chi connectivity index (χ1n) is 11.7. The normalized spacial score (nSPS) is 22.6. The number of nitrogens with zero attached hydrogens (tertiary/aromatic N) is 4. The number of likely N-dealkylation sites (tertiary alicyclic amines) is 2. The second-order valence-corrected chi connectivity index (χ2v) is 9.03. The van der Waals surface area contributed by atoms with Crippen LogP contribution in [0.25, 0.3) is 0 Å². The Morgan fingerprint density at radius 2 is 1.42 bits per heavy atom. The van der Waals surface area contributed by atoms with E-state index in [9.17, 15) is 14.4 Å². The van der Waals surface area contributed by atoms with E-state index in [1.807, 2.05) is 45.0 Å². The Bertz CT molecular complexity index is 770. The summed E-state index contributed by atoms with van der Waals surface area (Å²) >= 11 is 0. The number of carbonyl (C=O) groups excluding carboxylic acids is 3. The van der Waals surface area contributed by atoms with Crippen molar-refractivity contribution in [2.75, 3.05) is 58.9 Å². The molecule has 3 aliphatic rings. The highest BCUT2D eigenvalue weighted by atomic mass is 16.2. The fraction of sp³-hybridized carbons (Fsp3) is 0.625. The van der Waals surface area contributed by atoms with Gasteiger partial charge in [-0.3, -0.25) is 19.3 Å². The summed E-state index contributed by atoms with van der Waals surface area (Å²) in [5.41, 5.74) is 1.01. The summed E-state index contributed by atoms with van der Waals surface area (Å²) in [6, 6.07) is 9.79. The molecular formula is C24H34N4O3. The third-order valence-corrected chi connectivity index (χ3v) is 6.82. The molecule has 3 amide bonds. The van der Waals surface area contributed by atoms with Gasteiger partial charge in [0.1, 0.15) is 0 Å². The van der Waals surface area contributed by atoms with E-state index in [2.05, 4.69) is 4.90 Å². The van der Waals surface area contributed by atoms with Crippen LogP contribution in [-0.4, -0.2) is 96.2 Å². The van der Waals surface area contributed by atoms with Crippen molar-refractivity contribution in [2.45, 2.75) is 32.1 Å². The van der Waals surface area contributed by atoms with Crippen molar-refractivity contribution in [3.05, 3.63) is 35.9 Å². The number of hydrogen-bond donors (Lipinski definition) is 0. The quantitative estimate of drug-likeness (QED) is 0.711. The minimum Gasteiger partial charge on any atom is -0.342 e. The van der Waals surface area contributed by atoms with Crippen LogP contribution in [0.2, 0.25) is 0 Å². The highest BCUT2D eigenvalue weighted by Crippen LogP contribution is 2.21. The monoisotopic (exact) mass is 426 g/mol. The van der Waals surface area contributed by atoms with Crippen LogP contribution in [0.5, 0.6) is 0 Å². The van der Waals surface area contributed by atoms with Gasteiger partial charge in [0, 0.05) is 52.4 Å². The lowest BCUT2D eigenvalue weighted by atomic mass is 9.95. The topological polar surface area (TPSA) is 64.2 Å². The van der Waals surface area contributed by atoms with Gasteiger partial charge in [0.05, 0.1) is 18.9 Å². The Morgan fingerprint density at radius 3 is 2.13 bits per heavy atom. The lowest BCUT2D eigenvalue weighted by molar-refractivity contribution is -0.142. The molecule has 1 aromatic rings. The molecule has 0 radical (unpaired) electrons. The predicted octanol–water partition coefficient (Wildman–Crippen LogP) is 1.23. The number of carbonyl (C=O) groups is 3. The second-order valence-electron chi connectivity index (χ2n) is 9.03. The largest absolute Gasteiger partial charge is 0.342 e. The molecule has 1 atom stereocenters. The molecule has 3 fully saturated rings. The first-order chi connectivity index (χ1) is 15.1. The first-order valence-corrected chi connectivity index (χ1v) is 11.7. The van der Waals surface area contributed by atoms with Crippen LogP contribution in [0.1, 0.15) is 31.2 Å². The van der Waals surface area contributed by atoms with Gasteiger partial charge in [-0.05, 0) is 31.2 Å². The summed E-state index contributed by atoms with van der Waals surface area (Å²) in [5.74, 6) is 0.389. The maximum atomic E-state index is 13.1. The van der Waals surface area contributed by atoms with Gasteiger partial charge in [-0.2, -0.15) is 0 Å². The van der Waals surface area contributed by atoms with E-state index >= 15 is 0 Å². The Hall–Kier alpha value is -2.41. The molecule has 168 valence electrons. The standard InChI is InChI=1S/C24H34N4O3/c29-22(17-20-7-2-1-3-8-20)28-12-6-9-21(18-28)24(31)27-15-13-25(14-16-27)19-23(30)26-10-4-5-11-26/h1-3,7-8,21H,4-6,9-19H2. The molecule has 1 unspecified atom stereocenters. The molecule has 0 N–H and O–H groups in total. The molecule has 0 bridgehead atoms. The Kier molecular flexibility index (Phi) is 7.22. The van der Waals surface area contributed by atoms with E-state index in [1.165, 1.54) is 0 Å². The summed E-state index contributed by atoms with van der Waals surface area (Å²) in [5, 5.41) is 0. The van der Waals surface area contributed by atoms with Crippen molar-refractivity contribution in [1.82, 2.24) is 19.6 Å². The smallest absolute Gasteiger partial charge is 0.236 e. The molecule has 0 saturated carbocycles. The molecule has 7 nitrogen and oxygen atoms in total. The number of piperidine rings is 1. The van der Waals surface area contributed by atoms with Crippen molar-refractivity contribution in [3.8, 4) is 0 Å². The van der Waals surface area contributed by atoms with Crippen LogP contribution in [0.3, 0.4) is 0 Å². The second kappa shape index (κ2) is 10.3. The van der Waals surface area contributed by atoms with E-state index in [4.69, 9.17) is 0 Å². The average Bonchev–Trinajstić information content (AvgIpc) is 3.35. The van der Waals surface area contributed by atoms with E-state index < -0.39 is 0 Å². The number of rotatable bonds is 5. The van der Waals surface area contributed by atoms with E-state index in [0.29, 0.717) is 32.6 Å². The highest BCUT2D eigenvalue weighted by Gasteiger charge is 2.33. The van der Waals surface area contributed by atoms with Crippen molar-refractivity contribution in [2.24, 2.45) is 5.92 Å². The van der Waals surface area contributed by atoms with Gasteiger partial charge < -0.3 is 14.7 Å². The van der Waals surface area contributed by atoms with E-state index in [0.717, 1.165) is 64.0 Å². The SMILES string of the molecule is O=C(CN1CCN(C(=O)C2CCCN(C(=O)Cc3ccccc3)C2)CC1)N1CCCC1. The fourth-order valence-electron chi connectivity index (χ4n) is 4.93. The van der Waals surface area contributed by atoms with Gasteiger partial charge in [0.25, 0.3) is 0 Å². The van der Waals surface area contributed by atoms with Crippen LogP contribution < -0.4 is 0 Å². The van der Waals surface area contributed by atoms with Crippen molar-refractivity contribution >= 4 is 17.7 Å². The summed E-state index contributed by atoms with van der Waals surface area (Å²) in [6.45, 7) is 6.33. The number of amides is 3. The van der Waals surface area contributed by atoms with Crippen LogP contribution in [0.4, 0.5) is 0 Å². The Labute approximate surface area is 185 Å². The number of benzene rings is 1. The minimum atomic E-state index is -0.105. The third kappa shape index (κ3) is 5.64. The molecular weight excluding hydrogens is 392 g/mol. The summed E-state index contributed by atoms with van der Waals surface area (Å²) in [6.07, 6.45) is 4.34. The van der Waals surface area contributed by atoms with E-state index in [-0.39, 0.29) is 23.6 Å². The Balaban J connectivity index is 1.23. The van der Waals surface area contributed by atoms with Crippen LogP contribution in [0, 0.1) is 5.92 Å². The Morgan fingerprint density at radius 1 is 0.742 bits per heavy atom. The number of hydrogen-bond acceptors (Lipinski definition) is 4. The first kappa shape index (κ1) is 21.8.